The average molecular weight is 472 g/mol. The van der Waals surface area contributed by atoms with Crippen LogP contribution in [0.4, 0.5) is 0 Å². The van der Waals surface area contributed by atoms with E-state index in [0.29, 0.717) is 19.0 Å². The Morgan fingerprint density at radius 3 is 2.42 bits per heavy atom. The van der Waals surface area contributed by atoms with Crippen molar-refractivity contribution in [2.45, 2.75) is 38.4 Å². The minimum Gasteiger partial charge on any atom is -0.357 e. The van der Waals surface area contributed by atoms with Crippen LogP contribution >= 0.6 is 24.0 Å². The Kier molecular flexibility index (Phi) is 8.25. The van der Waals surface area contributed by atoms with Gasteiger partial charge in [0.05, 0.1) is 10.5 Å². The van der Waals surface area contributed by atoms with E-state index in [1.54, 1.807) is 0 Å². The summed E-state index contributed by atoms with van der Waals surface area (Å²) in [7, 11) is -0.847. The Labute approximate surface area is 164 Å². The molecule has 0 atom stereocenters. The summed E-state index contributed by atoms with van der Waals surface area (Å²) in [6.45, 7) is 10.6. The lowest BCUT2D eigenvalue weighted by atomic mass is 9.97. The molecule has 6 nitrogen and oxygen atoms in total. The lowest BCUT2D eigenvalue weighted by Gasteiger charge is -2.39. The van der Waals surface area contributed by atoms with Crippen molar-refractivity contribution in [2.24, 2.45) is 10.9 Å². The fourth-order valence-corrected chi connectivity index (χ4v) is 4.58. The molecule has 24 heavy (non-hydrogen) atoms. The predicted molar refractivity (Wildman–Crippen MR) is 111 cm³/mol. The van der Waals surface area contributed by atoms with E-state index >= 15 is 0 Å². The smallest absolute Gasteiger partial charge is 0.194 e. The fraction of sp³-hybridized carbons (Fsp3) is 0.938. The average Bonchev–Trinajstić information content (AvgIpc) is 2.48. The topological polar surface area (TPSA) is 65.0 Å². The molecule has 0 aromatic rings. The summed E-state index contributed by atoms with van der Waals surface area (Å²) in [5, 5.41) is 3.34. The monoisotopic (exact) mass is 472 g/mol. The first-order valence-electron chi connectivity index (χ1n) is 8.69. The van der Waals surface area contributed by atoms with Crippen LogP contribution in [-0.4, -0.2) is 81.0 Å². The van der Waals surface area contributed by atoms with Crippen LogP contribution in [-0.2, 0) is 9.84 Å². The van der Waals surface area contributed by atoms with Crippen LogP contribution < -0.4 is 5.32 Å². The molecular formula is C16H33IN4O2S. The standard InChI is InChI=1S/C16H32N4O2S.HI/c1-5-17-15(18-12-14-6-8-19(4)9-7-14)20-10-11-23(21,22)16(2,3)13-20;/h14H,5-13H2,1-4H3,(H,17,18);1H. The molecule has 0 unspecified atom stereocenters. The van der Waals surface area contributed by atoms with Crippen molar-refractivity contribution in [1.82, 2.24) is 15.1 Å². The maximum absolute atomic E-state index is 12.2. The van der Waals surface area contributed by atoms with E-state index in [-0.39, 0.29) is 29.7 Å². The van der Waals surface area contributed by atoms with Crippen molar-refractivity contribution in [2.75, 3.05) is 52.1 Å². The first kappa shape index (κ1) is 22.0. The predicted octanol–water partition coefficient (Wildman–Crippen LogP) is 1.42. The minimum atomic E-state index is -3.01. The van der Waals surface area contributed by atoms with Crippen LogP contribution in [0.2, 0.25) is 0 Å². The second-order valence-electron chi connectivity index (χ2n) is 7.44. The summed E-state index contributed by atoms with van der Waals surface area (Å²) in [6.07, 6.45) is 2.39. The van der Waals surface area contributed by atoms with Gasteiger partial charge in [0.25, 0.3) is 0 Å². The number of likely N-dealkylation sites (tertiary alicyclic amines) is 1. The summed E-state index contributed by atoms with van der Waals surface area (Å²) >= 11 is 0. The molecule has 0 radical (unpaired) electrons. The second kappa shape index (κ2) is 9.02. The van der Waals surface area contributed by atoms with Gasteiger partial charge in [0.2, 0.25) is 0 Å². The number of piperidine rings is 1. The number of rotatable bonds is 3. The van der Waals surface area contributed by atoms with E-state index in [9.17, 15) is 8.42 Å². The van der Waals surface area contributed by atoms with Gasteiger partial charge in [0, 0.05) is 26.2 Å². The van der Waals surface area contributed by atoms with Crippen molar-refractivity contribution in [3.05, 3.63) is 0 Å². The zero-order valence-corrected chi connectivity index (χ0v) is 18.6. The Morgan fingerprint density at radius 2 is 1.88 bits per heavy atom. The molecule has 2 aliphatic rings. The number of sulfone groups is 1. The summed E-state index contributed by atoms with van der Waals surface area (Å²) in [6, 6.07) is 0. The van der Waals surface area contributed by atoms with Crippen molar-refractivity contribution in [3.8, 4) is 0 Å². The highest BCUT2D eigenvalue weighted by atomic mass is 127. The van der Waals surface area contributed by atoms with Gasteiger partial charge in [-0.3, -0.25) is 4.99 Å². The number of aliphatic imine (C=N–C) groups is 1. The van der Waals surface area contributed by atoms with E-state index in [1.165, 1.54) is 12.8 Å². The third kappa shape index (κ3) is 5.45. The molecule has 0 bridgehead atoms. The SMILES string of the molecule is CCNC(=NCC1CCN(C)CC1)N1CCS(=O)(=O)C(C)(C)C1.I. The lowest BCUT2D eigenvalue weighted by molar-refractivity contribution is 0.223. The van der Waals surface area contributed by atoms with Crippen LogP contribution in [0.15, 0.2) is 4.99 Å². The lowest BCUT2D eigenvalue weighted by Crippen LogP contribution is -2.57. The molecule has 2 aliphatic heterocycles. The van der Waals surface area contributed by atoms with E-state index in [2.05, 4.69) is 29.1 Å². The molecule has 1 N–H and O–H groups in total. The Hall–Kier alpha value is -0.0900. The molecular weight excluding hydrogens is 439 g/mol. The van der Waals surface area contributed by atoms with E-state index in [1.807, 2.05) is 13.8 Å². The highest BCUT2D eigenvalue weighted by molar-refractivity contribution is 14.0. The molecule has 0 spiro atoms. The van der Waals surface area contributed by atoms with E-state index in [0.717, 1.165) is 32.1 Å². The first-order valence-corrected chi connectivity index (χ1v) is 10.3. The molecule has 2 fully saturated rings. The third-order valence-corrected chi connectivity index (χ3v) is 7.55. The number of halogens is 1. The summed E-state index contributed by atoms with van der Waals surface area (Å²) in [4.78, 5) is 9.29. The quantitative estimate of drug-likeness (QED) is 0.383. The zero-order valence-electron chi connectivity index (χ0n) is 15.4. The maximum atomic E-state index is 12.2. The van der Waals surface area contributed by atoms with E-state index in [4.69, 9.17) is 4.99 Å². The second-order valence-corrected chi connectivity index (χ2v) is 10.2. The van der Waals surface area contributed by atoms with Crippen molar-refractivity contribution < 1.29 is 8.42 Å². The van der Waals surface area contributed by atoms with Gasteiger partial charge in [-0.2, -0.15) is 0 Å². The van der Waals surface area contributed by atoms with Gasteiger partial charge >= 0.3 is 0 Å². The molecule has 0 aromatic carbocycles. The maximum Gasteiger partial charge on any atom is 0.194 e. The van der Waals surface area contributed by atoms with E-state index < -0.39 is 14.6 Å². The number of hydrogen-bond acceptors (Lipinski definition) is 4. The largest absolute Gasteiger partial charge is 0.357 e. The zero-order chi connectivity index (χ0) is 17.1. The molecule has 0 aromatic heterocycles. The molecule has 0 amide bonds. The Bertz CT molecular complexity index is 528. The van der Waals surface area contributed by atoms with Crippen molar-refractivity contribution in [3.63, 3.8) is 0 Å². The summed E-state index contributed by atoms with van der Waals surface area (Å²) in [5.41, 5.74) is 0. The van der Waals surface area contributed by atoms with Gasteiger partial charge in [-0.1, -0.05) is 0 Å². The fourth-order valence-electron chi connectivity index (χ4n) is 3.21. The van der Waals surface area contributed by atoms with Gasteiger partial charge in [-0.15, -0.1) is 24.0 Å². The number of nitrogens with one attached hydrogen (secondary N) is 1. The van der Waals surface area contributed by atoms with Crippen molar-refractivity contribution >= 4 is 39.8 Å². The van der Waals surface area contributed by atoms with Crippen LogP contribution in [0.25, 0.3) is 0 Å². The molecule has 8 heteroatoms. The Morgan fingerprint density at radius 1 is 1.25 bits per heavy atom. The minimum absolute atomic E-state index is 0. The molecule has 0 saturated carbocycles. The highest BCUT2D eigenvalue weighted by Crippen LogP contribution is 2.24. The van der Waals surface area contributed by atoms with Gasteiger partial charge in [-0.25, -0.2) is 8.42 Å². The van der Waals surface area contributed by atoms with Crippen LogP contribution in [0.5, 0.6) is 0 Å². The first-order chi connectivity index (χ1) is 10.7. The molecule has 2 heterocycles. The van der Waals surface area contributed by atoms with Crippen LogP contribution in [0.3, 0.4) is 0 Å². The van der Waals surface area contributed by atoms with Crippen molar-refractivity contribution in [1.29, 1.82) is 0 Å². The normalized spacial score (nSPS) is 25.2. The van der Waals surface area contributed by atoms with Gasteiger partial charge in [0.15, 0.2) is 15.8 Å². The number of hydrogen-bond donors (Lipinski definition) is 1. The number of guanidine groups is 1. The van der Waals surface area contributed by atoms with Gasteiger partial charge < -0.3 is 15.1 Å². The molecule has 142 valence electrons. The van der Waals surface area contributed by atoms with Crippen LogP contribution in [0, 0.1) is 5.92 Å². The third-order valence-electron chi connectivity index (χ3n) is 5.02. The highest BCUT2D eigenvalue weighted by Gasteiger charge is 2.41. The van der Waals surface area contributed by atoms with Crippen LogP contribution in [0.1, 0.15) is 33.6 Å². The summed E-state index contributed by atoms with van der Waals surface area (Å²) in [5.74, 6) is 1.72. The van der Waals surface area contributed by atoms with Gasteiger partial charge in [0.1, 0.15) is 0 Å². The van der Waals surface area contributed by atoms with Gasteiger partial charge in [-0.05, 0) is 59.7 Å². The molecule has 2 saturated heterocycles. The molecule has 0 aliphatic carbocycles. The number of nitrogens with zero attached hydrogens (tertiary/aromatic N) is 3. The summed E-state index contributed by atoms with van der Waals surface area (Å²) < 4.78 is 23.6. The Balaban J connectivity index is 0.00000288. The molecule has 2 rings (SSSR count).